The minimum Gasteiger partial charge on any atom is -0.362 e. The molecule has 2 N–H and O–H groups in total. The van der Waals surface area contributed by atoms with E-state index in [4.69, 9.17) is 0 Å². The molecule has 2 rings (SSSR count). The molecule has 9 heteroatoms. The van der Waals surface area contributed by atoms with Gasteiger partial charge in [-0.25, -0.2) is 5.01 Å². The second kappa shape index (κ2) is 4.23. The van der Waals surface area contributed by atoms with E-state index in [1.165, 1.54) is 13.1 Å². The summed E-state index contributed by atoms with van der Waals surface area (Å²) in [4.78, 5) is 12.2. The number of hydrazine groups is 1. The number of carbonyl (C=O) groups is 1. The Morgan fingerprint density at radius 1 is 1.60 bits per heavy atom. The van der Waals surface area contributed by atoms with Gasteiger partial charge in [-0.05, 0) is 13.0 Å². The van der Waals surface area contributed by atoms with Crippen molar-refractivity contribution in [1.82, 2.24) is 20.2 Å². The van der Waals surface area contributed by atoms with E-state index in [-0.39, 0.29) is 16.4 Å². The summed E-state index contributed by atoms with van der Waals surface area (Å²) in [7, 11) is 1.43. The highest BCUT2D eigenvalue weighted by Crippen LogP contribution is 2.41. The third-order valence-electron chi connectivity index (χ3n) is 2.98. The Bertz CT molecular complexity index is 581. The van der Waals surface area contributed by atoms with Crippen LogP contribution < -0.4 is 5.43 Å². The molecule has 2 heterocycles. The first-order valence-electron chi connectivity index (χ1n) is 5.65. The molecule has 1 fully saturated rings. The van der Waals surface area contributed by atoms with Crippen molar-refractivity contribution in [3.8, 4) is 0 Å². The van der Waals surface area contributed by atoms with Gasteiger partial charge in [0, 0.05) is 19.2 Å². The molecule has 1 atom stereocenters. The number of rotatable bonds is 1. The molecule has 0 aliphatic carbocycles. The molecule has 1 aromatic heterocycles. The van der Waals surface area contributed by atoms with Crippen LogP contribution >= 0.6 is 0 Å². The average molecular weight is 290 g/mol. The number of amides is 1. The lowest BCUT2D eigenvalue weighted by Crippen LogP contribution is -2.60. The van der Waals surface area contributed by atoms with Crippen LogP contribution in [-0.4, -0.2) is 37.7 Å². The molecule has 1 saturated heterocycles. The standard InChI is InChI=1S/C11H13F3N4O2/c1-6-4-8(17(3)15-6)9(19)18-10(20,11(12,13)14)5-7(2)16-18/h4,16,20H,2,5H2,1,3H3. The summed E-state index contributed by atoms with van der Waals surface area (Å²) >= 11 is 0. The van der Waals surface area contributed by atoms with E-state index in [2.05, 4.69) is 17.1 Å². The summed E-state index contributed by atoms with van der Waals surface area (Å²) in [6.45, 7) is 4.93. The molecule has 1 unspecified atom stereocenters. The van der Waals surface area contributed by atoms with Crippen LogP contribution in [0.5, 0.6) is 0 Å². The van der Waals surface area contributed by atoms with E-state index in [9.17, 15) is 23.1 Å². The minimum absolute atomic E-state index is 0.0765. The number of hydrogen-bond acceptors (Lipinski definition) is 4. The van der Waals surface area contributed by atoms with E-state index in [1.807, 2.05) is 0 Å². The zero-order valence-corrected chi connectivity index (χ0v) is 10.8. The van der Waals surface area contributed by atoms with Gasteiger partial charge < -0.3 is 5.11 Å². The summed E-state index contributed by atoms with van der Waals surface area (Å²) in [5, 5.41) is 13.8. The second-order valence-electron chi connectivity index (χ2n) is 4.64. The fourth-order valence-electron chi connectivity index (χ4n) is 2.04. The van der Waals surface area contributed by atoms with Crippen molar-refractivity contribution < 1.29 is 23.1 Å². The molecule has 1 aliphatic rings. The van der Waals surface area contributed by atoms with E-state index in [0.717, 1.165) is 4.68 Å². The predicted molar refractivity (Wildman–Crippen MR) is 62.0 cm³/mol. The minimum atomic E-state index is -5.01. The van der Waals surface area contributed by atoms with Crippen LogP contribution in [-0.2, 0) is 7.05 Å². The topological polar surface area (TPSA) is 70.4 Å². The van der Waals surface area contributed by atoms with Gasteiger partial charge in [-0.1, -0.05) is 6.58 Å². The molecule has 20 heavy (non-hydrogen) atoms. The monoisotopic (exact) mass is 290 g/mol. The van der Waals surface area contributed by atoms with Crippen LogP contribution in [0.25, 0.3) is 0 Å². The Morgan fingerprint density at radius 3 is 2.65 bits per heavy atom. The van der Waals surface area contributed by atoms with Crippen LogP contribution in [0.1, 0.15) is 22.6 Å². The van der Waals surface area contributed by atoms with Gasteiger partial charge >= 0.3 is 6.18 Å². The molecule has 6 nitrogen and oxygen atoms in total. The van der Waals surface area contributed by atoms with E-state index < -0.39 is 24.2 Å². The summed E-state index contributed by atoms with van der Waals surface area (Å²) in [6.07, 6.45) is -5.83. The van der Waals surface area contributed by atoms with E-state index in [1.54, 1.807) is 6.92 Å². The highest BCUT2D eigenvalue weighted by Gasteiger charge is 2.63. The van der Waals surface area contributed by atoms with Crippen molar-refractivity contribution in [2.24, 2.45) is 7.05 Å². The lowest BCUT2D eigenvalue weighted by Gasteiger charge is -2.33. The molecular weight excluding hydrogens is 277 g/mol. The van der Waals surface area contributed by atoms with Gasteiger partial charge in [-0.2, -0.15) is 18.3 Å². The third-order valence-corrected chi connectivity index (χ3v) is 2.98. The number of aryl methyl sites for hydroxylation is 2. The zero-order chi connectivity index (χ0) is 15.3. The van der Waals surface area contributed by atoms with Crippen molar-refractivity contribution in [3.63, 3.8) is 0 Å². The fourth-order valence-corrected chi connectivity index (χ4v) is 2.04. The maximum Gasteiger partial charge on any atom is 0.438 e. The van der Waals surface area contributed by atoms with Crippen LogP contribution in [0.2, 0.25) is 0 Å². The van der Waals surface area contributed by atoms with Crippen molar-refractivity contribution in [1.29, 1.82) is 0 Å². The number of hydrogen-bond donors (Lipinski definition) is 2. The SMILES string of the molecule is C=C1CC(O)(C(F)(F)F)N(C(=O)c2cc(C)nn2C)N1. The van der Waals surface area contributed by atoms with Gasteiger partial charge in [0.15, 0.2) is 0 Å². The highest BCUT2D eigenvalue weighted by molar-refractivity contribution is 5.93. The van der Waals surface area contributed by atoms with Gasteiger partial charge in [0.25, 0.3) is 11.6 Å². The molecule has 1 amide bonds. The molecule has 0 spiro atoms. The van der Waals surface area contributed by atoms with Crippen LogP contribution in [0.15, 0.2) is 18.3 Å². The number of aliphatic hydroxyl groups is 1. The first kappa shape index (κ1) is 14.4. The first-order chi connectivity index (χ1) is 9.06. The van der Waals surface area contributed by atoms with Gasteiger partial charge in [-0.3, -0.25) is 14.9 Å². The first-order valence-corrected chi connectivity index (χ1v) is 5.65. The number of carbonyl (C=O) groups excluding carboxylic acids is 1. The summed E-state index contributed by atoms with van der Waals surface area (Å²) in [6, 6.07) is 1.34. The molecule has 1 aliphatic heterocycles. The Morgan fingerprint density at radius 2 is 2.20 bits per heavy atom. The average Bonchev–Trinajstić information content (AvgIpc) is 2.77. The normalized spacial score (nSPS) is 23.1. The summed E-state index contributed by atoms with van der Waals surface area (Å²) in [5.41, 5.74) is -0.856. The van der Waals surface area contributed by atoms with Gasteiger partial charge in [0.05, 0.1) is 5.69 Å². The fraction of sp³-hybridized carbons (Fsp3) is 0.455. The Hall–Kier alpha value is -2.03. The van der Waals surface area contributed by atoms with Crippen molar-refractivity contribution in [3.05, 3.63) is 29.7 Å². The molecule has 0 radical (unpaired) electrons. The van der Waals surface area contributed by atoms with Crippen molar-refractivity contribution in [2.75, 3.05) is 0 Å². The number of halogens is 3. The molecule has 1 aromatic rings. The molecule has 0 bridgehead atoms. The maximum atomic E-state index is 13.0. The van der Waals surface area contributed by atoms with Gasteiger partial charge in [0.2, 0.25) is 0 Å². The van der Waals surface area contributed by atoms with Crippen LogP contribution in [0.3, 0.4) is 0 Å². The van der Waals surface area contributed by atoms with E-state index in [0.29, 0.717) is 5.69 Å². The largest absolute Gasteiger partial charge is 0.438 e. The summed E-state index contributed by atoms with van der Waals surface area (Å²) in [5.74, 6) is -1.04. The molecule has 0 saturated carbocycles. The molecule has 110 valence electrons. The molecule has 0 aromatic carbocycles. The third kappa shape index (κ3) is 2.03. The van der Waals surface area contributed by atoms with Gasteiger partial charge in [-0.15, -0.1) is 0 Å². The summed E-state index contributed by atoms with van der Waals surface area (Å²) < 4.78 is 40.2. The van der Waals surface area contributed by atoms with Gasteiger partial charge in [0.1, 0.15) is 5.69 Å². The lowest BCUT2D eigenvalue weighted by atomic mass is 10.1. The molecular formula is C11H13F3N4O2. The Kier molecular flexibility index (Phi) is 3.04. The quantitative estimate of drug-likeness (QED) is 0.804. The predicted octanol–water partition coefficient (Wildman–Crippen LogP) is 0.844. The van der Waals surface area contributed by atoms with Crippen LogP contribution in [0, 0.1) is 6.92 Å². The highest BCUT2D eigenvalue weighted by atomic mass is 19.4. The smallest absolute Gasteiger partial charge is 0.362 e. The second-order valence-corrected chi connectivity index (χ2v) is 4.64. The van der Waals surface area contributed by atoms with E-state index >= 15 is 0 Å². The van der Waals surface area contributed by atoms with Crippen molar-refractivity contribution >= 4 is 5.91 Å². The number of nitrogens with zero attached hydrogens (tertiary/aromatic N) is 3. The Balaban J connectivity index is 2.43. The number of aromatic nitrogens is 2. The zero-order valence-electron chi connectivity index (χ0n) is 10.8. The number of nitrogens with one attached hydrogen (secondary N) is 1. The Labute approximate surface area is 112 Å². The van der Waals surface area contributed by atoms with Crippen LogP contribution in [0.4, 0.5) is 13.2 Å². The van der Waals surface area contributed by atoms with Crippen molar-refractivity contribution in [2.45, 2.75) is 25.2 Å². The lowest BCUT2D eigenvalue weighted by molar-refractivity contribution is -0.299. The maximum absolute atomic E-state index is 13.0. The number of alkyl halides is 3.